The highest BCUT2D eigenvalue weighted by molar-refractivity contribution is 7.22. The molecule has 146 valence electrons. The van der Waals surface area contributed by atoms with Crippen molar-refractivity contribution in [3.05, 3.63) is 89.2 Å². The third kappa shape index (κ3) is 2.85. The molecule has 5 rings (SSSR count). The highest BCUT2D eigenvalue weighted by atomic mass is 32.1. The number of hydrogen-bond acceptors (Lipinski definition) is 5. The standard InChI is InChI=1S/C22H12FN3O3S/c23-16-6-3-7-17-18(16)24-22(30-17)25-19(27)12-8-10-13(11-9-12)26-20(28)14-4-1-2-5-15(14)21(26)29/h1-11H,(H,24,25,27). The quantitative estimate of drug-likeness (QED) is 0.498. The van der Waals surface area contributed by atoms with Crippen LogP contribution in [-0.2, 0) is 0 Å². The third-order valence-electron chi connectivity index (χ3n) is 4.77. The van der Waals surface area contributed by atoms with Crippen molar-refractivity contribution in [1.29, 1.82) is 0 Å². The monoisotopic (exact) mass is 417 g/mol. The first-order valence-electron chi connectivity index (χ1n) is 8.97. The van der Waals surface area contributed by atoms with Crippen LogP contribution in [0.1, 0.15) is 31.1 Å². The summed E-state index contributed by atoms with van der Waals surface area (Å²) in [6.45, 7) is 0. The number of anilines is 2. The molecule has 0 spiro atoms. The van der Waals surface area contributed by atoms with Crippen LogP contribution in [-0.4, -0.2) is 22.7 Å². The minimum Gasteiger partial charge on any atom is -0.298 e. The number of nitrogens with zero attached hydrogens (tertiary/aromatic N) is 2. The zero-order valence-electron chi connectivity index (χ0n) is 15.3. The summed E-state index contributed by atoms with van der Waals surface area (Å²) < 4.78 is 14.4. The molecule has 3 amide bonds. The van der Waals surface area contributed by atoms with E-state index in [2.05, 4.69) is 10.3 Å². The van der Waals surface area contributed by atoms with E-state index in [0.717, 1.165) is 4.90 Å². The summed E-state index contributed by atoms with van der Waals surface area (Å²) in [5.41, 5.74) is 1.61. The molecule has 1 aliphatic rings. The van der Waals surface area contributed by atoms with Gasteiger partial charge in [0.05, 0.1) is 21.5 Å². The Hall–Kier alpha value is -3.91. The topological polar surface area (TPSA) is 79.4 Å². The van der Waals surface area contributed by atoms with Crippen LogP contribution < -0.4 is 10.2 Å². The summed E-state index contributed by atoms with van der Waals surface area (Å²) in [6, 6.07) is 17.3. The second-order valence-electron chi connectivity index (χ2n) is 6.60. The van der Waals surface area contributed by atoms with Crippen LogP contribution in [0.15, 0.2) is 66.7 Å². The number of carbonyl (C=O) groups excluding carboxylic acids is 3. The van der Waals surface area contributed by atoms with E-state index in [9.17, 15) is 18.8 Å². The molecular formula is C22H12FN3O3S. The summed E-state index contributed by atoms with van der Waals surface area (Å²) in [7, 11) is 0. The van der Waals surface area contributed by atoms with Crippen LogP contribution in [0.5, 0.6) is 0 Å². The van der Waals surface area contributed by atoms with Crippen molar-refractivity contribution in [2.24, 2.45) is 0 Å². The highest BCUT2D eigenvalue weighted by Gasteiger charge is 2.36. The zero-order chi connectivity index (χ0) is 20.8. The van der Waals surface area contributed by atoms with E-state index in [4.69, 9.17) is 0 Å². The molecule has 3 aromatic carbocycles. The van der Waals surface area contributed by atoms with E-state index in [1.54, 1.807) is 36.4 Å². The molecule has 1 N–H and O–H groups in total. The number of rotatable bonds is 3. The smallest absolute Gasteiger partial charge is 0.266 e. The Morgan fingerprint density at radius 2 is 1.57 bits per heavy atom. The molecule has 0 atom stereocenters. The third-order valence-corrected chi connectivity index (χ3v) is 5.71. The number of hydrogen-bond donors (Lipinski definition) is 1. The van der Waals surface area contributed by atoms with E-state index >= 15 is 0 Å². The van der Waals surface area contributed by atoms with Crippen LogP contribution in [0, 0.1) is 5.82 Å². The number of para-hydroxylation sites is 1. The highest BCUT2D eigenvalue weighted by Crippen LogP contribution is 2.30. The summed E-state index contributed by atoms with van der Waals surface area (Å²) in [5.74, 6) is -1.67. The Labute approximate surface area is 173 Å². The number of fused-ring (bicyclic) bond motifs is 2. The van der Waals surface area contributed by atoms with E-state index < -0.39 is 23.5 Å². The van der Waals surface area contributed by atoms with Gasteiger partial charge in [-0.2, -0.15) is 0 Å². The molecule has 8 heteroatoms. The van der Waals surface area contributed by atoms with E-state index in [1.165, 1.54) is 41.7 Å². The number of halogens is 1. The average molecular weight is 417 g/mol. The lowest BCUT2D eigenvalue weighted by atomic mass is 10.1. The first-order chi connectivity index (χ1) is 14.5. The molecule has 0 aliphatic carbocycles. The van der Waals surface area contributed by atoms with Crippen LogP contribution in [0.2, 0.25) is 0 Å². The number of imide groups is 1. The molecule has 0 bridgehead atoms. The molecule has 0 radical (unpaired) electrons. The molecule has 1 aliphatic heterocycles. The fraction of sp³-hybridized carbons (Fsp3) is 0. The summed E-state index contributed by atoms with van der Waals surface area (Å²) in [4.78, 5) is 42.9. The zero-order valence-corrected chi connectivity index (χ0v) is 16.1. The van der Waals surface area contributed by atoms with Gasteiger partial charge < -0.3 is 0 Å². The Morgan fingerprint density at radius 3 is 2.20 bits per heavy atom. The van der Waals surface area contributed by atoms with Crippen molar-refractivity contribution < 1.29 is 18.8 Å². The maximum absolute atomic E-state index is 13.8. The number of nitrogens with one attached hydrogen (secondary N) is 1. The number of aromatic nitrogens is 1. The first kappa shape index (κ1) is 18.1. The van der Waals surface area contributed by atoms with Gasteiger partial charge in [-0.3, -0.25) is 19.7 Å². The fourth-order valence-corrected chi connectivity index (χ4v) is 4.20. The van der Waals surface area contributed by atoms with Gasteiger partial charge in [0.25, 0.3) is 17.7 Å². The number of carbonyl (C=O) groups is 3. The number of thiazole rings is 1. The van der Waals surface area contributed by atoms with Gasteiger partial charge in [0, 0.05) is 5.56 Å². The molecule has 0 saturated carbocycles. The first-order valence-corrected chi connectivity index (χ1v) is 9.79. The van der Waals surface area contributed by atoms with Gasteiger partial charge in [-0.1, -0.05) is 29.5 Å². The van der Waals surface area contributed by atoms with Gasteiger partial charge in [0.15, 0.2) is 5.13 Å². The summed E-state index contributed by atoms with van der Waals surface area (Å²) >= 11 is 1.17. The Morgan fingerprint density at radius 1 is 0.900 bits per heavy atom. The van der Waals surface area contributed by atoms with Crippen molar-refractivity contribution in [3.63, 3.8) is 0 Å². The second-order valence-corrected chi connectivity index (χ2v) is 7.63. The van der Waals surface area contributed by atoms with E-state index in [0.29, 0.717) is 27.1 Å². The van der Waals surface area contributed by atoms with Crippen LogP contribution in [0.4, 0.5) is 15.2 Å². The lowest BCUT2D eigenvalue weighted by Crippen LogP contribution is -2.29. The molecule has 6 nitrogen and oxygen atoms in total. The van der Waals surface area contributed by atoms with Crippen molar-refractivity contribution >= 4 is 50.1 Å². The maximum atomic E-state index is 13.8. The lowest BCUT2D eigenvalue weighted by molar-refractivity contribution is 0.0925. The molecule has 0 unspecified atom stereocenters. The van der Waals surface area contributed by atoms with Gasteiger partial charge in [-0.25, -0.2) is 14.3 Å². The van der Waals surface area contributed by atoms with Crippen LogP contribution >= 0.6 is 11.3 Å². The number of benzene rings is 3. The SMILES string of the molecule is O=C(Nc1nc2c(F)cccc2s1)c1ccc(N2C(=O)c3ccccc3C2=O)cc1. The Balaban J connectivity index is 1.37. The predicted molar refractivity (Wildman–Crippen MR) is 112 cm³/mol. The van der Waals surface area contributed by atoms with Crippen molar-refractivity contribution in [2.45, 2.75) is 0 Å². The van der Waals surface area contributed by atoms with Gasteiger partial charge >= 0.3 is 0 Å². The van der Waals surface area contributed by atoms with Crippen molar-refractivity contribution in [3.8, 4) is 0 Å². The van der Waals surface area contributed by atoms with Gasteiger partial charge in [-0.15, -0.1) is 0 Å². The van der Waals surface area contributed by atoms with Gasteiger partial charge in [-0.05, 0) is 48.5 Å². The minimum atomic E-state index is -0.449. The van der Waals surface area contributed by atoms with Crippen molar-refractivity contribution in [2.75, 3.05) is 10.2 Å². The largest absolute Gasteiger partial charge is 0.298 e. The minimum absolute atomic E-state index is 0.207. The molecule has 1 aromatic heterocycles. The molecule has 30 heavy (non-hydrogen) atoms. The van der Waals surface area contributed by atoms with Gasteiger partial charge in [0.1, 0.15) is 11.3 Å². The summed E-state index contributed by atoms with van der Waals surface area (Å²) in [5, 5.41) is 2.93. The van der Waals surface area contributed by atoms with Crippen molar-refractivity contribution in [1.82, 2.24) is 4.98 Å². The maximum Gasteiger partial charge on any atom is 0.266 e. The van der Waals surface area contributed by atoms with Gasteiger partial charge in [0.2, 0.25) is 0 Å². The molecule has 0 fully saturated rings. The van der Waals surface area contributed by atoms with Crippen LogP contribution in [0.25, 0.3) is 10.2 Å². The normalized spacial score (nSPS) is 13.0. The average Bonchev–Trinajstić information content (AvgIpc) is 3.28. The molecule has 0 saturated heterocycles. The Kier molecular flexibility index (Phi) is 4.14. The molecular weight excluding hydrogens is 405 g/mol. The summed E-state index contributed by atoms with van der Waals surface area (Å²) in [6.07, 6.45) is 0. The van der Waals surface area contributed by atoms with E-state index in [1.807, 2.05) is 0 Å². The lowest BCUT2D eigenvalue weighted by Gasteiger charge is -2.14. The Bertz CT molecular complexity index is 1310. The van der Waals surface area contributed by atoms with E-state index in [-0.39, 0.29) is 10.6 Å². The molecule has 4 aromatic rings. The second kappa shape index (κ2) is 6.85. The predicted octanol–water partition coefficient (Wildman–Crippen LogP) is 4.49. The fourth-order valence-electron chi connectivity index (χ4n) is 3.32. The van der Waals surface area contributed by atoms with Crippen LogP contribution in [0.3, 0.4) is 0 Å². The molecule has 2 heterocycles. The number of amides is 3.